The molecule has 3 aromatic carbocycles. The summed E-state index contributed by atoms with van der Waals surface area (Å²) in [5, 5.41) is 0. The van der Waals surface area contributed by atoms with Crippen LogP contribution in [0, 0.1) is 0 Å². The van der Waals surface area contributed by atoms with E-state index in [0.717, 1.165) is 25.1 Å². The van der Waals surface area contributed by atoms with Crippen LogP contribution in [0.2, 0.25) is 0 Å². The average molecular weight is 358 g/mol. The van der Waals surface area contributed by atoms with Crippen molar-refractivity contribution in [2.75, 3.05) is 4.90 Å². The van der Waals surface area contributed by atoms with Gasteiger partial charge in [-0.25, -0.2) is 4.98 Å². The van der Waals surface area contributed by atoms with E-state index >= 15 is 0 Å². The minimum absolute atomic E-state index is 0.967. The van der Waals surface area contributed by atoms with Gasteiger partial charge in [0.25, 0.3) is 0 Å². The monoisotopic (exact) mass is 358 g/mol. The van der Waals surface area contributed by atoms with Crippen LogP contribution in [-0.2, 0) is 19.3 Å². The number of pyridine rings is 1. The zero-order valence-electron chi connectivity index (χ0n) is 15.4. The van der Waals surface area contributed by atoms with Crippen LogP contribution < -0.4 is 4.90 Å². The molecule has 28 heavy (non-hydrogen) atoms. The topological polar surface area (TPSA) is 16.1 Å². The first-order chi connectivity index (χ1) is 13.9. The van der Waals surface area contributed by atoms with Crippen molar-refractivity contribution < 1.29 is 0 Å². The Bertz CT molecular complexity index is 1300. The van der Waals surface area contributed by atoms with E-state index in [9.17, 15) is 0 Å². The molecule has 0 fully saturated rings. The third-order valence-corrected chi connectivity index (χ3v) is 6.58. The molecule has 0 bridgehead atoms. The standard InChI is InChI=1S/C26H18N2/c1-2-9-20-16(5-1)14-22-21(20)10-11-24-23(22)15-18-7-3-6-17-13-19-8-4-12-27-26(19)28(24)25(17)18/h1-12H,13-15H2. The minimum atomic E-state index is 0.967. The molecule has 0 radical (unpaired) electrons. The molecule has 2 heteroatoms. The number of hydrogen-bond donors (Lipinski definition) is 0. The van der Waals surface area contributed by atoms with Crippen molar-refractivity contribution >= 4 is 17.2 Å². The van der Waals surface area contributed by atoms with Crippen molar-refractivity contribution in [2.24, 2.45) is 0 Å². The molecule has 0 saturated carbocycles. The fraction of sp³-hybridized carbons (Fsp3) is 0.115. The quantitative estimate of drug-likeness (QED) is 0.334. The van der Waals surface area contributed by atoms with E-state index in [4.69, 9.17) is 4.98 Å². The average Bonchev–Trinajstić information content (AvgIpc) is 3.13. The first kappa shape index (κ1) is 14.6. The lowest BCUT2D eigenvalue weighted by Gasteiger charge is -2.39. The fourth-order valence-electron chi connectivity index (χ4n) is 5.39. The van der Waals surface area contributed by atoms with Crippen LogP contribution in [0.15, 0.2) is 72.9 Å². The van der Waals surface area contributed by atoms with Crippen LogP contribution in [-0.4, -0.2) is 4.98 Å². The van der Waals surface area contributed by atoms with Gasteiger partial charge in [0.15, 0.2) is 0 Å². The highest BCUT2D eigenvalue weighted by Gasteiger charge is 2.34. The molecule has 0 saturated heterocycles. The Balaban J connectivity index is 1.52. The number of hydrogen-bond acceptors (Lipinski definition) is 2. The van der Waals surface area contributed by atoms with E-state index in [1.807, 2.05) is 6.20 Å². The number of nitrogens with zero attached hydrogens (tertiary/aromatic N) is 2. The molecule has 132 valence electrons. The third-order valence-electron chi connectivity index (χ3n) is 6.58. The molecule has 2 nitrogen and oxygen atoms in total. The Kier molecular flexibility index (Phi) is 2.67. The number of aromatic nitrogens is 1. The van der Waals surface area contributed by atoms with Crippen molar-refractivity contribution in [1.29, 1.82) is 0 Å². The highest BCUT2D eigenvalue weighted by Crippen LogP contribution is 2.52. The van der Waals surface area contributed by atoms with E-state index in [-0.39, 0.29) is 0 Å². The first-order valence-corrected chi connectivity index (χ1v) is 9.96. The van der Waals surface area contributed by atoms with E-state index < -0.39 is 0 Å². The summed E-state index contributed by atoms with van der Waals surface area (Å²) in [6, 6.07) is 24.5. The minimum Gasteiger partial charge on any atom is -0.294 e. The molecule has 3 heterocycles. The largest absolute Gasteiger partial charge is 0.294 e. The highest BCUT2D eigenvalue weighted by molar-refractivity contribution is 5.91. The van der Waals surface area contributed by atoms with Gasteiger partial charge in [0.05, 0.1) is 11.4 Å². The summed E-state index contributed by atoms with van der Waals surface area (Å²) in [7, 11) is 0. The number of para-hydroxylation sites is 1. The van der Waals surface area contributed by atoms with Crippen molar-refractivity contribution in [1.82, 2.24) is 4.98 Å². The van der Waals surface area contributed by atoms with Crippen molar-refractivity contribution in [2.45, 2.75) is 19.3 Å². The van der Waals surface area contributed by atoms with E-state index in [0.29, 0.717) is 0 Å². The molecular weight excluding hydrogens is 340 g/mol. The Morgan fingerprint density at radius 2 is 1.39 bits per heavy atom. The van der Waals surface area contributed by atoms with Crippen molar-refractivity contribution in [3.05, 3.63) is 106 Å². The smallest absolute Gasteiger partial charge is 0.141 e. The zero-order chi connectivity index (χ0) is 18.2. The van der Waals surface area contributed by atoms with Gasteiger partial charge in [-0.15, -0.1) is 0 Å². The normalized spacial score (nSPS) is 14.6. The molecule has 7 rings (SSSR count). The van der Waals surface area contributed by atoms with Gasteiger partial charge in [-0.1, -0.05) is 54.6 Å². The lowest BCUT2D eigenvalue weighted by Crippen LogP contribution is -2.26. The number of benzene rings is 3. The molecule has 4 aromatic rings. The van der Waals surface area contributed by atoms with Gasteiger partial charge in [0.1, 0.15) is 5.82 Å². The first-order valence-electron chi connectivity index (χ1n) is 9.96. The highest BCUT2D eigenvalue weighted by atomic mass is 15.2. The lowest BCUT2D eigenvalue weighted by atomic mass is 9.85. The summed E-state index contributed by atoms with van der Waals surface area (Å²) in [5.41, 5.74) is 14.0. The SMILES string of the molecule is c1ccc2c(c1)Cc1c-2ccc2c1Cc1cccc3c1N2c1ncccc1C3. The summed E-state index contributed by atoms with van der Waals surface area (Å²) in [6.45, 7) is 0. The summed E-state index contributed by atoms with van der Waals surface area (Å²) in [5.74, 6) is 1.10. The van der Waals surface area contributed by atoms with E-state index in [2.05, 4.69) is 71.6 Å². The summed E-state index contributed by atoms with van der Waals surface area (Å²) < 4.78 is 0. The Labute approximate surface area is 164 Å². The molecule has 1 aliphatic carbocycles. The van der Waals surface area contributed by atoms with E-state index in [1.165, 1.54) is 55.9 Å². The van der Waals surface area contributed by atoms with Gasteiger partial charge < -0.3 is 0 Å². The van der Waals surface area contributed by atoms with Crippen LogP contribution in [0.4, 0.5) is 17.2 Å². The van der Waals surface area contributed by atoms with Gasteiger partial charge in [-0.3, -0.25) is 4.90 Å². The Morgan fingerprint density at radius 1 is 0.607 bits per heavy atom. The van der Waals surface area contributed by atoms with Crippen molar-refractivity contribution in [3.63, 3.8) is 0 Å². The lowest BCUT2D eigenvalue weighted by molar-refractivity contribution is 0.971. The van der Waals surface area contributed by atoms with Gasteiger partial charge in [0, 0.05) is 19.0 Å². The van der Waals surface area contributed by atoms with Crippen LogP contribution in [0.3, 0.4) is 0 Å². The zero-order valence-corrected chi connectivity index (χ0v) is 15.4. The predicted octanol–water partition coefficient (Wildman–Crippen LogP) is 5.93. The molecule has 3 aliphatic rings. The molecule has 0 amide bonds. The van der Waals surface area contributed by atoms with Gasteiger partial charge in [-0.2, -0.15) is 0 Å². The van der Waals surface area contributed by atoms with Gasteiger partial charge >= 0.3 is 0 Å². The second-order valence-electron chi connectivity index (χ2n) is 8.02. The number of rotatable bonds is 0. The predicted molar refractivity (Wildman–Crippen MR) is 113 cm³/mol. The van der Waals surface area contributed by atoms with Gasteiger partial charge in [-0.05, 0) is 63.1 Å². The Hall–Kier alpha value is -3.39. The molecule has 0 atom stereocenters. The fourth-order valence-corrected chi connectivity index (χ4v) is 5.39. The second kappa shape index (κ2) is 5.11. The van der Waals surface area contributed by atoms with Crippen LogP contribution in [0.25, 0.3) is 11.1 Å². The van der Waals surface area contributed by atoms with E-state index in [1.54, 1.807) is 0 Å². The van der Waals surface area contributed by atoms with Crippen LogP contribution >= 0.6 is 0 Å². The van der Waals surface area contributed by atoms with Gasteiger partial charge in [0.2, 0.25) is 0 Å². The van der Waals surface area contributed by atoms with Crippen LogP contribution in [0.1, 0.15) is 33.4 Å². The molecule has 1 aromatic heterocycles. The summed E-state index contributed by atoms with van der Waals surface area (Å²) >= 11 is 0. The molecule has 0 N–H and O–H groups in total. The Morgan fingerprint density at radius 3 is 2.36 bits per heavy atom. The maximum Gasteiger partial charge on any atom is 0.141 e. The summed E-state index contributed by atoms with van der Waals surface area (Å²) in [6.07, 6.45) is 4.93. The second-order valence-corrected chi connectivity index (χ2v) is 8.02. The maximum atomic E-state index is 4.80. The molecule has 0 spiro atoms. The number of anilines is 3. The molecule has 2 aliphatic heterocycles. The number of fused-ring (bicyclic) bond motifs is 8. The van der Waals surface area contributed by atoms with Crippen molar-refractivity contribution in [3.8, 4) is 11.1 Å². The maximum absolute atomic E-state index is 4.80. The summed E-state index contributed by atoms with van der Waals surface area (Å²) in [4.78, 5) is 7.23. The van der Waals surface area contributed by atoms with Crippen LogP contribution in [0.5, 0.6) is 0 Å². The molecule has 0 unspecified atom stereocenters. The molecular formula is C26H18N2. The third kappa shape index (κ3) is 1.75.